The third-order valence-corrected chi connectivity index (χ3v) is 5.80. The fourth-order valence-corrected chi connectivity index (χ4v) is 5.48. The van der Waals surface area contributed by atoms with Crippen LogP contribution in [0.4, 0.5) is 5.95 Å². The maximum Gasteiger partial charge on any atom is 0.200 e. The van der Waals surface area contributed by atoms with E-state index in [0.29, 0.717) is 11.4 Å². The molecule has 4 saturated carbocycles. The lowest BCUT2D eigenvalue weighted by atomic mass is 9.49. The average molecular weight is 245 g/mol. The Morgan fingerprint density at radius 2 is 1.78 bits per heavy atom. The number of aromatic nitrogens is 2. The molecule has 4 bridgehead atoms. The molecule has 98 valence electrons. The Morgan fingerprint density at radius 3 is 2.28 bits per heavy atom. The van der Waals surface area contributed by atoms with Crippen LogP contribution in [0.15, 0.2) is 12.4 Å². The predicted molar refractivity (Wildman–Crippen MR) is 71.9 cm³/mol. The number of imidazole rings is 1. The molecule has 0 radical (unpaired) electrons. The average Bonchev–Trinajstić information content (AvgIpc) is 2.70. The molecule has 0 amide bonds. The summed E-state index contributed by atoms with van der Waals surface area (Å²) in [6.07, 6.45) is 14.2. The Bertz CT molecular complexity index is 413. The summed E-state index contributed by atoms with van der Waals surface area (Å²) in [4.78, 5) is 4.12. The summed E-state index contributed by atoms with van der Waals surface area (Å²) in [5.41, 5.74) is 6.53. The first-order valence-electron chi connectivity index (χ1n) is 7.49. The summed E-state index contributed by atoms with van der Waals surface area (Å²) < 4.78 is 2.12. The Hall–Kier alpha value is -0.990. The van der Waals surface area contributed by atoms with E-state index in [-0.39, 0.29) is 0 Å². The van der Waals surface area contributed by atoms with Crippen molar-refractivity contribution in [2.75, 3.05) is 5.73 Å². The van der Waals surface area contributed by atoms with Crippen LogP contribution < -0.4 is 5.73 Å². The summed E-state index contributed by atoms with van der Waals surface area (Å²) in [6, 6.07) is 0. The van der Waals surface area contributed by atoms with Crippen molar-refractivity contribution in [1.82, 2.24) is 9.55 Å². The van der Waals surface area contributed by atoms with Crippen molar-refractivity contribution >= 4 is 5.95 Å². The van der Waals surface area contributed by atoms with Crippen LogP contribution in [0.3, 0.4) is 0 Å². The molecule has 4 fully saturated rings. The zero-order valence-electron chi connectivity index (χ0n) is 11.0. The highest BCUT2D eigenvalue weighted by Gasteiger charge is 2.50. The van der Waals surface area contributed by atoms with Gasteiger partial charge in [0, 0.05) is 18.9 Å². The second-order valence-corrected chi connectivity index (χ2v) is 7.15. The third kappa shape index (κ3) is 1.67. The molecule has 0 spiro atoms. The van der Waals surface area contributed by atoms with Gasteiger partial charge in [-0.1, -0.05) is 0 Å². The summed E-state index contributed by atoms with van der Waals surface area (Å²) in [5, 5.41) is 0. The zero-order valence-corrected chi connectivity index (χ0v) is 11.0. The van der Waals surface area contributed by atoms with Crippen molar-refractivity contribution in [3.63, 3.8) is 0 Å². The fourth-order valence-electron chi connectivity index (χ4n) is 5.48. The monoisotopic (exact) mass is 245 g/mol. The second-order valence-electron chi connectivity index (χ2n) is 7.15. The fraction of sp³-hybridized carbons (Fsp3) is 0.800. The smallest absolute Gasteiger partial charge is 0.200 e. The second kappa shape index (κ2) is 3.75. The van der Waals surface area contributed by atoms with Crippen LogP contribution in [0.5, 0.6) is 0 Å². The molecule has 2 N–H and O–H groups in total. The van der Waals surface area contributed by atoms with Gasteiger partial charge >= 0.3 is 0 Å². The first kappa shape index (κ1) is 10.9. The van der Waals surface area contributed by atoms with Crippen LogP contribution in [-0.2, 0) is 6.54 Å². The van der Waals surface area contributed by atoms with Gasteiger partial charge in [-0.25, -0.2) is 4.98 Å². The molecule has 0 unspecified atom stereocenters. The first-order valence-corrected chi connectivity index (χ1v) is 7.49. The minimum atomic E-state index is 0.658. The number of hydrogen-bond acceptors (Lipinski definition) is 2. The van der Waals surface area contributed by atoms with Gasteiger partial charge in [-0.3, -0.25) is 0 Å². The molecule has 0 aromatic carbocycles. The molecule has 0 saturated heterocycles. The van der Waals surface area contributed by atoms with Crippen LogP contribution >= 0.6 is 0 Å². The normalized spacial score (nSPS) is 41.4. The topological polar surface area (TPSA) is 43.8 Å². The van der Waals surface area contributed by atoms with Crippen molar-refractivity contribution < 1.29 is 0 Å². The van der Waals surface area contributed by atoms with E-state index in [9.17, 15) is 0 Å². The molecule has 18 heavy (non-hydrogen) atoms. The molecule has 3 nitrogen and oxygen atoms in total. The SMILES string of the molecule is Nc1nccn1CCC12CC3CC(CC(C3)C1)C2. The zero-order chi connectivity index (χ0) is 12.2. The van der Waals surface area contributed by atoms with E-state index in [2.05, 4.69) is 9.55 Å². The quantitative estimate of drug-likeness (QED) is 0.889. The molecule has 1 heterocycles. The van der Waals surface area contributed by atoms with Crippen molar-refractivity contribution in [2.24, 2.45) is 23.2 Å². The molecule has 5 rings (SSSR count). The largest absolute Gasteiger partial charge is 0.369 e. The van der Waals surface area contributed by atoms with Gasteiger partial charge in [0.15, 0.2) is 5.95 Å². The number of nitrogen functional groups attached to an aromatic ring is 1. The van der Waals surface area contributed by atoms with Crippen molar-refractivity contribution in [1.29, 1.82) is 0 Å². The van der Waals surface area contributed by atoms with Gasteiger partial charge in [-0.2, -0.15) is 0 Å². The summed E-state index contributed by atoms with van der Waals surface area (Å²) >= 11 is 0. The van der Waals surface area contributed by atoms with Crippen LogP contribution in [0.1, 0.15) is 44.9 Å². The van der Waals surface area contributed by atoms with E-state index in [0.717, 1.165) is 24.3 Å². The van der Waals surface area contributed by atoms with E-state index >= 15 is 0 Å². The summed E-state index contributed by atoms with van der Waals surface area (Å²) in [6.45, 7) is 1.07. The predicted octanol–water partition coefficient (Wildman–Crippen LogP) is 3.07. The van der Waals surface area contributed by atoms with E-state index in [1.807, 2.05) is 12.4 Å². The molecule has 4 aliphatic carbocycles. The van der Waals surface area contributed by atoms with Gasteiger partial charge in [-0.15, -0.1) is 0 Å². The Balaban J connectivity index is 1.49. The van der Waals surface area contributed by atoms with Gasteiger partial charge in [0.1, 0.15) is 0 Å². The van der Waals surface area contributed by atoms with Crippen LogP contribution in [0.2, 0.25) is 0 Å². The Labute approximate surface area is 109 Å². The van der Waals surface area contributed by atoms with Gasteiger partial charge in [0.2, 0.25) is 0 Å². The van der Waals surface area contributed by atoms with Crippen molar-refractivity contribution in [2.45, 2.75) is 51.5 Å². The molecule has 1 aromatic heterocycles. The van der Waals surface area contributed by atoms with Gasteiger partial charge in [-0.05, 0) is 68.1 Å². The summed E-state index contributed by atoms with van der Waals surface area (Å²) in [5.74, 6) is 3.84. The lowest BCUT2D eigenvalue weighted by Crippen LogP contribution is -2.46. The number of nitrogens with zero attached hydrogens (tertiary/aromatic N) is 2. The standard InChI is InChI=1S/C15H23N3/c16-14-17-2-4-18(14)3-1-15-8-11-5-12(9-15)7-13(6-11)10-15/h2,4,11-13H,1,3,5-10H2,(H2,16,17). The lowest BCUT2D eigenvalue weighted by molar-refractivity contribution is -0.0591. The van der Waals surface area contributed by atoms with Gasteiger partial charge in [0.05, 0.1) is 0 Å². The van der Waals surface area contributed by atoms with E-state index < -0.39 is 0 Å². The van der Waals surface area contributed by atoms with Crippen LogP contribution in [0.25, 0.3) is 0 Å². The number of nitrogens with two attached hydrogens (primary N) is 1. The number of rotatable bonds is 3. The minimum Gasteiger partial charge on any atom is -0.369 e. The van der Waals surface area contributed by atoms with Gasteiger partial charge in [0.25, 0.3) is 0 Å². The molecule has 4 aliphatic rings. The summed E-state index contributed by atoms with van der Waals surface area (Å²) in [7, 11) is 0. The highest BCUT2D eigenvalue weighted by molar-refractivity contribution is 5.16. The van der Waals surface area contributed by atoms with Gasteiger partial charge < -0.3 is 10.3 Å². The number of aryl methyl sites for hydroxylation is 1. The molecule has 1 aromatic rings. The highest BCUT2D eigenvalue weighted by atomic mass is 15.1. The molecule has 0 aliphatic heterocycles. The maximum atomic E-state index is 5.87. The molecule has 0 atom stereocenters. The van der Waals surface area contributed by atoms with Crippen LogP contribution in [0, 0.1) is 23.2 Å². The minimum absolute atomic E-state index is 0.658. The van der Waals surface area contributed by atoms with E-state index in [1.165, 1.54) is 44.9 Å². The first-order chi connectivity index (χ1) is 8.72. The lowest BCUT2D eigenvalue weighted by Gasteiger charge is -2.57. The Morgan fingerprint density at radius 1 is 1.17 bits per heavy atom. The maximum absolute atomic E-state index is 5.87. The number of anilines is 1. The van der Waals surface area contributed by atoms with E-state index in [4.69, 9.17) is 5.73 Å². The Kier molecular flexibility index (Phi) is 2.27. The molecular formula is C15H23N3. The number of hydrogen-bond donors (Lipinski definition) is 1. The third-order valence-electron chi connectivity index (χ3n) is 5.80. The van der Waals surface area contributed by atoms with Crippen LogP contribution in [-0.4, -0.2) is 9.55 Å². The molecular weight excluding hydrogens is 222 g/mol. The molecule has 3 heteroatoms. The highest BCUT2D eigenvalue weighted by Crippen LogP contribution is 2.61. The van der Waals surface area contributed by atoms with Crippen molar-refractivity contribution in [3.8, 4) is 0 Å². The van der Waals surface area contributed by atoms with E-state index in [1.54, 1.807) is 0 Å². The van der Waals surface area contributed by atoms with Crippen molar-refractivity contribution in [3.05, 3.63) is 12.4 Å².